The minimum atomic E-state index is -0.939. The van der Waals surface area contributed by atoms with Gasteiger partial charge in [0.05, 0.1) is 6.04 Å². The van der Waals surface area contributed by atoms with Gasteiger partial charge in [0.15, 0.2) is 0 Å². The lowest BCUT2D eigenvalue weighted by Crippen LogP contribution is -2.48. The van der Waals surface area contributed by atoms with Crippen LogP contribution in [0.4, 0.5) is 4.39 Å². The van der Waals surface area contributed by atoms with E-state index in [0.717, 1.165) is 18.4 Å². The molecule has 6 heteroatoms. The van der Waals surface area contributed by atoms with Gasteiger partial charge >= 0.3 is 0 Å². The van der Waals surface area contributed by atoms with Gasteiger partial charge in [-0.15, -0.1) is 0 Å². The van der Waals surface area contributed by atoms with Crippen LogP contribution in [0.1, 0.15) is 24.8 Å². The SMILES string of the molecule is O=C(NCC1(c2ccccc2Cl)CCOCC1)[C@H]1C[C@H](F)CN1. The molecule has 2 saturated heterocycles. The number of carbonyl (C=O) groups excluding carboxylic acids is 1. The molecule has 0 aromatic heterocycles. The van der Waals surface area contributed by atoms with E-state index in [-0.39, 0.29) is 24.3 Å². The molecule has 2 fully saturated rings. The number of amides is 1. The lowest BCUT2D eigenvalue weighted by Gasteiger charge is -2.38. The van der Waals surface area contributed by atoms with Gasteiger partial charge in [-0.25, -0.2) is 4.39 Å². The lowest BCUT2D eigenvalue weighted by atomic mass is 9.74. The highest BCUT2D eigenvalue weighted by Crippen LogP contribution is 2.38. The van der Waals surface area contributed by atoms with Crippen molar-refractivity contribution in [1.82, 2.24) is 10.6 Å². The molecule has 0 saturated carbocycles. The average Bonchev–Trinajstić information content (AvgIpc) is 3.00. The molecule has 2 atom stereocenters. The summed E-state index contributed by atoms with van der Waals surface area (Å²) >= 11 is 6.39. The summed E-state index contributed by atoms with van der Waals surface area (Å²) in [5.41, 5.74) is 0.827. The number of halogens is 2. The highest BCUT2D eigenvalue weighted by Gasteiger charge is 2.37. The van der Waals surface area contributed by atoms with Crippen LogP contribution in [0.2, 0.25) is 5.02 Å². The zero-order valence-electron chi connectivity index (χ0n) is 13.0. The number of carbonyl (C=O) groups is 1. The Morgan fingerprint density at radius 3 is 2.78 bits per heavy atom. The van der Waals surface area contributed by atoms with Gasteiger partial charge < -0.3 is 15.4 Å². The third kappa shape index (κ3) is 3.67. The quantitative estimate of drug-likeness (QED) is 0.883. The summed E-state index contributed by atoms with van der Waals surface area (Å²) < 4.78 is 18.7. The molecule has 1 amide bonds. The molecule has 3 rings (SSSR count). The summed E-state index contributed by atoms with van der Waals surface area (Å²) in [5.74, 6) is -0.136. The third-order valence-electron chi connectivity index (χ3n) is 4.89. The van der Waals surface area contributed by atoms with E-state index in [4.69, 9.17) is 16.3 Å². The fraction of sp³-hybridized carbons (Fsp3) is 0.588. The van der Waals surface area contributed by atoms with Crippen LogP contribution in [0, 0.1) is 0 Å². The Bertz CT molecular complexity index is 563. The van der Waals surface area contributed by atoms with Crippen LogP contribution < -0.4 is 10.6 Å². The minimum Gasteiger partial charge on any atom is -0.381 e. The molecule has 0 spiro atoms. The van der Waals surface area contributed by atoms with Gasteiger partial charge in [0, 0.05) is 43.2 Å². The summed E-state index contributed by atoms with van der Waals surface area (Å²) in [7, 11) is 0. The van der Waals surface area contributed by atoms with Crippen molar-refractivity contribution in [2.75, 3.05) is 26.3 Å². The first-order chi connectivity index (χ1) is 11.1. The minimum absolute atomic E-state index is 0.136. The van der Waals surface area contributed by atoms with Crippen LogP contribution in [0.25, 0.3) is 0 Å². The van der Waals surface area contributed by atoms with Crippen molar-refractivity contribution in [3.05, 3.63) is 34.9 Å². The van der Waals surface area contributed by atoms with E-state index in [0.29, 0.717) is 24.8 Å². The van der Waals surface area contributed by atoms with Crippen molar-refractivity contribution in [2.45, 2.75) is 36.9 Å². The molecule has 126 valence electrons. The topological polar surface area (TPSA) is 50.4 Å². The molecule has 1 aromatic rings. The maximum Gasteiger partial charge on any atom is 0.237 e. The zero-order chi connectivity index (χ0) is 16.3. The summed E-state index contributed by atoms with van der Waals surface area (Å²) in [4.78, 5) is 12.3. The predicted molar refractivity (Wildman–Crippen MR) is 87.5 cm³/mol. The van der Waals surface area contributed by atoms with Crippen LogP contribution >= 0.6 is 11.6 Å². The third-order valence-corrected chi connectivity index (χ3v) is 5.22. The molecule has 0 aliphatic carbocycles. The Morgan fingerprint density at radius 1 is 1.39 bits per heavy atom. The molecule has 23 heavy (non-hydrogen) atoms. The molecule has 1 aromatic carbocycles. The molecule has 0 bridgehead atoms. The van der Waals surface area contributed by atoms with Crippen LogP contribution in [0.15, 0.2) is 24.3 Å². The molecule has 4 nitrogen and oxygen atoms in total. The highest BCUT2D eigenvalue weighted by molar-refractivity contribution is 6.31. The van der Waals surface area contributed by atoms with E-state index in [1.165, 1.54) is 0 Å². The first-order valence-corrected chi connectivity index (χ1v) is 8.46. The van der Waals surface area contributed by atoms with Gasteiger partial charge in [-0.1, -0.05) is 29.8 Å². The maximum atomic E-state index is 13.2. The molecule has 2 aliphatic heterocycles. The van der Waals surface area contributed by atoms with Gasteiger partial charge in [-0.2, -0.15) is 0 Å². The Hall–Kier alpha value is -1.17. The second kappa shape index (κ2) is 7.16. The fourth-order valence-electron chi connectivity index (χ4n) is 3.47. The van der Waals surface area contributed by atoms with Gasteiger partial charge in [0.1, 0.15) is 6.17 Å². The van der Waals surface area contributed by atoms with E-state index in [1.54, 1.807) is 0 Å². The highest BCUT2D eigenvalue weighted by atomic mass is 35.5. The molecule has 0 unspecified atom stereocenters. The number of hydrogen-bond acceptors (Lipinski definition) is 3. The standard InChI is InChI=1S/C17H22ClFN2O2/c18-14-4-2-1-3-13(14)17(5-7-23-8-6-17)11-21-16(22)15-9-12(19)10-20-15/h1-4,12,15,20H,5-11H2,(H,21,22)/t12-,15+/m0/s1. The van der Waals surface area contributed by atoms with Gasteiger partial charge in [-0.05, 0) is 24.5 Å². The molecule has 2 aliphatic rings. The first-order valence-electron chi connectivity index (χ1n) is 8.09. The normalized spacial score (nSPS) is 26.9. The summed E-state index contributed by atoms with van der Waals surface area (Å²) in [5, 5.41) is 6.63. The van der Waals surface area contributed by atoms with Crippen molar-refractivity contribution >= 4 is 17.5 Å². The number of benzene rings is 1. The van der Waals surface area contributed by atoms with Gasteiger partial charge in [0.2, 0.25) is 5.91 Å². The van der Waals surface area contributed by atoms with Crippen molar-refractivity contribution < 1.29 is 13.9 Å². The Labute approximate surface area is 140 Å². The van der Waals surface area contributed by atoms with Crippen LogP contribution in [-0.2, 0) is 14.9 Å². The monoisotopic (exact) mass is 340 g/mol. The van der Waals surface area contributed by atoms with Crippen LogP contribution in [-0.4, -0.2) is 44.4 Å². The van der Waals surface area contributed by atoms with Crippen molar-refractivity contribution in [2.24, 2.45) is 0 Å². The second-order valence-electron chi connectivity index (χ2n) is 6.38. The number of hydrogen-bond donors (Lipinski definition) is 2. The number of alkyl halides is 1. The molecule has 2 N–H and O–H groups in total. The average molecular weight is 341 g/mol. The Kier molecular flexibility index (Phi) is 5.19. The smallest absolute Gasteiger partial charge is 0.237 e. The largest absolute Gasteiger partial charge is 0.381 e. The molecular formula is C17H22ClFN2O2. The predicted octanol–water partition coefficient (Wildman–Crippen LogP) is 2.20. The van der Waals surface area contributed by atoms with E-state index in [9.17, 15) is 9.18 Å². The van der Waals surface area contributed by atoms with E-state index in [2.05, 4.69) is 10.6 Å². The number of rotatable bonds is 4. The van der Waals surface area contributed by atoms with Crippen LogP contribution in [0.3, 0.4) is 0 Å². The summed E-state index contributed by atoms with van der Waals surface area (Å²) in [6, 6.07) is 7.33. The Balaban J connectivity index is 1.72. The summed E-state index contributed by atoms with van der Waals surface area (Å²) in [6.07, 6.45) is 0.918. The number of ether oxygens (including phenoxy) is 1. The van der Waals surface area contributed by atoms with Crippen molar-refractivity contribution in [3.63, 3.8) is 0 Å². The lowest BCUT2D eigenvalue weighted by molar-refractivity contribution is -0.123. The van der Waals surface area contributed by atoms with Gasteiger partial charge in [-0.3, -0.25) is 4.79 Å². The maximum absolute atomic E-state index is 13.2. The fourth-order valence-corrected chi connectivity index (χ4v) is 3.80. The van der Waals surface area contributed by atoms with E-state index in [1.807, 2.05) is 24.3 Å². The Morgan fingerprint density at radius 2 is 2.13 bits per heavy atom. The van der Waals surface area contributed by atoms with Crippen molar-refractivity contribution in [3.8, 4) is 0 Å². The second-order valence-corrected chi connectivity index (χ2v) is 6.79. The molecule has 0 radical (unpaired) electrons. The molecule has 2 heterocycles. The number of nitrogens with one attached hydrogen (secondary N) is 2. The first kappa shape index (κ1) is 16.7. The summed E-state index contributed by atoms with van der Waals surface area (Å²) in [6.45, 7) is 2.04. The zero-order valence-corrected chi connectivity index (χ0v) is 13.7. The van der Waals surface area contributed by atoms with Crippen LogP contribution in [0.5, 0.6) is 0 Å². The van der Waals surface area contributed by atoms with E-state index < -0.39 is 12.2 Å². The molecular weight excluding hydrogens is 319 g/mol. The van der Waals surface area contributed by atoms with Gasteiger partial charge in [0.25, 0.3) is 0 Å². The van der Waals surface area contributed by atoms with Crippen molar-refractivity contribution in [1.29, 1.82) is 0 Å². The van der Waals surface area contributed by atoms with E-state index >= 15 is 0 Å².